The van der Waals surface area contributed by atoms with Crippen LogP contribution in [0.3, 0.4) is 0 Å². The molecule has 2 aromatic rings. The van der Waals surface area contributed by atoms with Crippen LogP contribution in [0.5, 0.6) is 0 Å². The molecule has 2 saturated heterocycles. The van der Waals surface area contributed by atoms with Gasteiger partial charge in [-0.2, -0.15) is 4.31 Å². The van der Waals surface area contributed by atoms with Crippen molar-refractivity contribution in [3.05, 3.63) is 65.7 Å². The Morgan fingerprint density at radius 2 is 1.61 bits per heavy atom. The third-order valence-electron chi connectivity index (χ3n) is 6.46. The molecule has 31 heavy (non-hydrogen) atoms. The molecule has 2 aromatic carbocycles. The highest BCUT2D eigenvalue weighted by molar-refractivity contribution is 7.88. The highest BCUT2D eigenvalue weighted by atomic mass is 32.2. The summed E-state index contributed by atoms with van der Waals surface area (Å²) in [7, 11) is -3.40. The Morgan fingerprint density at radius 3 is 2.16 bits per heavy atom. The molecule has 0 saturated carbocycles. The van der Waals surface area contributed by atoms with Crippen LogP contribution in [0.25, 0.3) is 0 Å². The number of nitrogens with zero attached hydrogens (tertiary/aromatic N) is 2. The van der Waals surface area contributed by atoms with Crippen LogP contribution in [0, 0.1) is 11.3 Å². The van der Waals surface area contributed by atoms with Crippen molar-refractivity contribution in [2.75, 3.05) is 37.7 Å². The standard InChI is InChI=1S/C25H34N2O3S/c1-21(2)16-27(31(28,29)18-23-6-4-3-5-7-23)17-22-8-10-24(11-9-22)26-14-12-25(13-15-26)19-30-20-25/h3-11,21H,12-20H2,1-2H3. The molecule has 1 spiro atoms. The van der Waals surface area contributed by atoms with Crippen molar-refractivity contribution in [1.82, 2.24) is 4.31 Å². The number of hydrogen-bond donors (Lipinski definition) is 0. The Labute approximate surface area is 187 Å². The number of ether oxygens (including phenoxy) is 1. The molecule has 0 N–H and O–H groups in total. The molecule has 0 amide bonds. The van der Waals surface area contributed by atoms with Crippen molar-refractivity contribution >= 4 is 15.7 Å². The lowest BCUT2D eigenvalue weighted by molar-refractivity contribution is -0.124. The van der Waals surface area contributed by atoms with E-state index in [0.29, 0.717) is 18.5 Å². The maximum absolute atomic E-state index is 13.2. The van der Waals surface area contributed by atoms with E-state index in [1.807, 2.05) is 30.3 Å². The summed E-state index contributed by atoms with van der Waals surface area (Å²) >= 11 is 0. The zero-order chi connectivity index (χ0) is 21.9. The molecule has 0 atom stereocenters. The molecule has 2 aliphatic heterocycles. The Balaban J connectivity index is 1.42. The molecule has 0 radical (unpaired) electrons. The Bertz CT molecular complexity index is 944. The first-order chi connectivity index (χ1) is 14.9. The first-order valence-corrected chi connectivity index (χ1v) is 12.9. The molecule has 5 nitrogen and oxygen atoms in total. The van der Waals surface area contributed by atoms with Crippen LogP contribution < -0.4 is 4.90 Å². The van der Waals surface area contributed by atoms with Gasteiger partial charge in [0.2, 0.25) is 10.0 Å². The summed E-state index contributed by atoms with van der Waals surface area (Å²) in [6.07, 6.45) is 2.38. The Kier molecular flexibility index (Phi) is 6.70. The fourth-order valence-electron chi connectivity index (χ4n) is 4.49. The van der Waals surface area contributed by atoms with E-state index in [4.69, 9.17) is 4.74 Å². The summed E-state index contributed by atoms with van der Waals surface area (Å²) in [6.45, 7) is 9.02. The molecule has 168 valence electrons. The van der Waals surface area contributed by atoms with Gasteiger partial charge in [0.15, 0.2) is 0 Å². The van der Waals surface area contributed by atoms with E-state index in [1.165, 1.54) is 18.5 Å². The maximum Gasteiger partial charge on any atom is 0.218 e. The summed E-state index contributed by atoms with van der Waals surface area (Å²) in [6, 6.07) is 17.9. The predicted molar refractivity (Wildman–Crippen MR) is 125 cm³/mol. The molecule has 2 heterocycles. The van der Waals surface area contributed by atoms with E-state index in [1.54, 1.807) is 4.31 Å². The zero-order valence-electron chi connectivity index (χ0n) is 18.7. The normalized spacial score (nSPS) is 18.5. The summed E-state index contributed by atoms with van der Waals surface area (Å²) in [5.74, 6) is 0.304. The second-order valence-corrected chi connectivity index (χ2v) is 11.5. The first kappa shape index (κ1) is 22.3. The smallest absolute Gasteiger partial charge is 0.218 e. The quantitative estimate of drug-likeness (QED) is 0.612. The number of hydrogen-bond acceptors (Lipinski definition) is 4. The molecule has 2 fully saturated rings. The lowest BCUT2D eigenvalue weighted by Gasteiger charge is -2.47. The van der Waals surface area contributed by atoms with Crippen molar-refractivity contribution in [3.63, 3.8) is 0 Å². The second kappa shape index (κ2) is 9.31. The molecule has 2 aliphatic rings. The third kappa shape index (κ3) is 5.48. The van der Waals surface area contributed by atoms with Crippen molar-refractivity contribution in [1.29, 1.82) is 0 Å². The van der Waals surface area contributed by atoms with E-state index in [9.17, 15) is 8.42 Å². The predicted octanol–water partition coefficient (Wildman–Crippen LogP) is 4.29. The minimum Gasteiger partial charge on any atom is -0.380 e. The SMILES string of the molecule is CC(C)CN(Cc1ccc(N2CCC3(CC2)COC3)cc1)S(=O)(=O)Cc1ccccc1. The lowest BCUT2D eigenvalue weighted by atomic mass is 9.77. The van der Waals surface area contributed by atoms with Gasteiger partial charge < -0.3 is 9.64 Å². The van der Waals surface area contributed by atoms with E-state index in [2.05, 4.69) is 43.0 Å². The number of anilines is 1. The van der Waals surface area contributed by atoms with Crippen LogP contribution in [0.2, 0.25) is 0 Å². The van der Waals surface area contributed by atoms with Gasteiger partial charge in [-0.05, 0) is 42.0 Å². The van der Waals surface area contributed by atoms with Gasteiger partial charge in [0.25, 0.3) is 0 Å². The van der Waals surface area contributed by atoms with Gasteiger partial charge in [-0.15, -0.1) is 0 Å². The van der Waals surface area contributed by atoms with Gasteiger partial charge in [0.1, 0.15) is 0 Å². The molecular formula is C25H34N2O3S. The Morgan fingerprint density at radius 1 is 0.968 bits per heavy atom. The van der Waals surface area contributed by atoms with Crippen molar-refractivity contribution in [2.24, 2.45) is 11.3 Å². The average Bonchev–Trinajstić information content (AvgIpc) is 2.73. The molecule has 0 aliphatic carbocycles. The fraction of sp³-hybridized carbons (Fsp3) is 0.520. The number of benzene rings is 2. The molecular weight excluding hydrogens is 408 g/mol. The Hall–Kier alpha value is -1.89. The molecule has 0 bridgehead atoms. The van der Waals surface area contributed by atoms with Gasteiger partial charge in [0.05, 0.1) is 19.0 Å². The first-order valence-electron chi connectivity index (χ1n) is 11.3. The monoisotopic (exact) mass is 442 g/mol. The zero-order valence-corrected chi connectivity index (χ0v) is 19.5. The van der Waals surface area contributed by atoms with E-state index in [0.717, 1.165) is 37.4 Å². The fourth-order valence-corrected chi connectivity index (χ4v) is 6.16. The summed E-state index contributed by atoms with van der Waals surface area (Å²) < 4.78 is 33.4. The summed E-state index contributed by atoms with van der Waals surface area (Å²) in [4.78, 5) is 2.44. The van der Waals surface area contributed by atoms with Gasteiger partial charge >= 0.3 is 0 Å². The van der Waals surface area contributed by atoms with Gasteiger partial charge in [0, 0.05) is 37.3 Å². The second-order valence-electron chi connectivity index (χ2n) is 9.57. The van der Waals surface area contributed by atoms with Crippen molar-refractivity contribution in [2.45, 2.75) is 39.0 Å². The van der Waals surface area contributed by atoms with Crippen LogP contribution in [0.4, 0.5) is 5.69 Å². The van der Waals surface area contributed by atoms with Crippen LogP contribution in [0.15, 0.2) is 54.6 Å². The largest absolute Gasteiger partial charge is 0.380 e. The van der Waals surface area contributed by atoms with Gasteiger partial charge in [-0.1, -0.05) is 56.3 Å². The highest BCUT2D eigenvalue weighted by Gasteiger charge is 2.41. The molecule has 0 unspecified atom stereocenters. The molecule has 4 rings (SSSR count). The van der Waals surface area contributed by atoms with Crippen LogP contribution in [-0.2, 0) is 27.1 Å². The van der Waals surface area contributed by atoms with Crippen LogP contribution in [0.1, 0.15) is 37.8 Å². The number of sulfonamides is 1. The third-order valence-corrected chi connectivity index (χ3v) is 8.22. The van der Waals surface area contributed by atoms with Gasteiger partial charge in [-0.25, -0.2) is 8.42 Å². The summed E-state index contributed by atoms with van der Waals surface area (Å²) in [5.41, 5.74) is 3.51. The van der Waals surface area contributed by atoms with E-state index >= 15 is 0 Å². The van der Waals surface area contributed by atoms with E-state index < -0.39 is 10.0 Å². The molecule has 6 heteroatoms. The molecule has 0 aromatic heterocycles. The number of piperidine rings is 1. The van der Waals surface area contributed by atoms with Crippen LogP contribution in [-0.4, -0.2) is 45.6 Å². The lowest BCUT2D eigenvalue weighted by Crippen LogP contribution is -2.50. The van der Waals surface area contributed by atoms with Gasteiger partial charge in [-0.3, -0.25) is 0 Å². The topological polar surface area (TPSA) is 49.9 Å². The highest BCUT2D eigenvalue weighted by Crippen LogP contribution is 2.39. The minimum atomic E-state index is -3.40. The summed E-state index contributed by atoms with van der Waals surface area (Å²) in [5, 5.41) is 0. The van der Waals surface area contributed by atoms with Crippen molar-refractivity contribution in [3.8, 4) is 0 Å². The average molecular weight is 443 g/mol. The maximum atomic E-state index is 13.2. The van der Waals surface area contributed by atoms with E-state index in [-0.39, 0.29) is 11.7 Å². The van der Waals surface area contributed by atoms with Crippen LogP contribution >= 0.6 is 0 Å². The van der Waals surface area contributed by atoms with Crippen molar-refractivity contribution < 1.29 is 13.2 Å². The number of rotatable bonds is 8. The minimum absolute atomic E-state index is 0.0396.